The zero-order valence-electron chi connectivity index (χ0n) is 14.2. The maximum Gasteiger partial charge on any atom is 0.119 e. The lowest BCUT2D eigenvalue weighted by atomic mass is 10.1. The smallest absolute Gasteiger partial charge is 0.119 e. The normalized spacial score (nSPS) is 12.1. The first-order chi connectivity index (χ1) is 11.3. The van der Waals surface area contributed by atoms with Crippen molar-refractivity contribution in [3.63, 3.8) is 0 Å². The van der Waals surface area contributed by atoms with Crippen molar-refractivity contribution in [2.24, 2.45) is 0 Å². The van der Waals surface area contributed by atoms with E-state index in [-0.39, 0.29) is 0 Å². The van der Waals surface area contributed by atoms with Crippen molar-refractivity contribution in [2.45, 2.75) is 25.8 Å². The van der Waals surface area contributed by atoms with Crippen molar-refractivity contribution in [1.29, 1.82) is 0 Å². The van der Waals surface area contributed by atoms with Gasteiger partial charge in [0.15, 0.2) is 0 Å². The predicted octanol–water partition coefficient (Wildman–Crippen LogP) is 3.05. The summed E-state index contributed by atoms with van der Waals surface area (Å²) in [5.41, 5.74) is 2.69. The van der Waals surface area contributed by atoms with Gasteiger partial charge in [-0.15, -0.1) is 0 Å². The molecule has 0 fully saturated rings. The Bertz CT molecular complexity index is 557. The highest BCUT2D eigenvalue weighted by atomic mass is 16.5. The summed E-state index contributed by atoms with van der Waals surface area (Å²) in [6.07, 6.45) is 2.08. The SMILES string of the molecule is CNCCOc1cccc(CC(C)NCCc2ccccc2)c1. The Labute approximate surface area is 140 Å². The second-order valence-electron chi connectivity index (χ2n) is 5.89. The molecular weight excluding hydrogens is 284 g/mol. The summed E-state index contributed by atoms with van der Waals surface area (Å²) >= 11 is 0. The first kappa shape index (κ1) is 17.5. The molecule has 1 unspecified atom stereocenters. The number of likely N-dealkylation sites (N-methyl/N-ethyl adjacent to an activating group) is 1. The zero-order chi connectivity index (χ0) is 16.3. The van der Waals surface area contributed by atoms with E-state index in [4.69, 9.17) is 4.74 Å². The van der Waals surface area contributed by atoms with Gasteiger partial charge in [0, 0.05) is 12.6 Å². The van der Waals surface area contributed by atoms with Crippen LogP contribution in [0.4, 0.5) is 0 Å². The van der Waals surface area contributed by atoms with Gasteiger partial charge in [0.2, 0.25) is 0 Å². The predicted molar refractivity (Wildman–Crippen MR) is 97.2 cm³/mol. The number of benzene rings is 2. The molecule has 0 aliphatic carbocycles. The molecule has 2 N–H and O–H groups in total. The Kier molecular flexibility index (Phi) is 7.64. The van der Waals surface area contributed by atoms with Crippen LogP contribution in [0.3, 0.4) is 0 Å². The molecule has 0 aliphatic rings. The van der Waals surface area contributed by atoms with Crippen LogP contribution in [-0.2, 0) is 12.8 Å². The summed E-state index contributed by atoms with van der Waals surface area (Å²) in [5.74, 6) is 0.953. The summed E-state index contributed by atoms with van der Waals surface area (Å²) in [6, 6.07) is 19.5. The largest absolute Gasteiger partial charge is 0.492 e. The molecule has 23 heavy (non-hydrogen) atoms. The zero-order valence-corrected chi connectivity index (χ0v) is 14.2. The molecule has 1 atom stereocenters. The molecule has 0 saturated heterocycles. The molecule has 3 heteroatoms. The fourth-order valence-corrected chi connectivity index (χ4v) is 2.57. The van der Waals surface area contributed by atoms with Crippen molar-refractivity contribution in [2.75, 3.05) is 26.7 Å². The minimum atomic E-state index is 0.450. The first-order valence-corrected chi connectivity index (χ1v) is 8.41. The third kappa shape index (κ3) is 6.85. The summed E-state index contributed by atoms with van der Waals surface area (Å²) in [5, 5.41) is 6.69. The standard InChI is InChI=1S/C20H28N2O/c1-17(22-12-11-18-7-4-3-5-8-18)15-19-9-6-10-20(16-19)23-14-13-21-2/h3-10,16-17,21-22H,11-15H2,1-2H3. The van der Waals surface area contributed by atoms with Crippen molar-refractivity contribution in [1.82, 2.24) is 10.6 Å². The molecule has 2 aromatic carbocycles. The Morgan fingerprint density at radius 3 is 2.52 bits per heavy atom. The highest BCUT2D eigenvalue weighted by Crippen LogP contribution is 2.14. The van der Waals surface area contributed by atoms with Crippen LogP contribution in [0.15, 0.2) is 54.6 Å². The third-order valence-electron chi connectivity index (χ3n) is 3.81. The van der Waals surface area contributed by atoms with Gasteiger partial charge in [-0.1, -0.05) is 42.5 Å². The third-order valence-corrected chi connectivity index (χ3v) is 3.81. The van der Waals surface area contributed by atoms with Crippen LogP contribution in [0.1, 0.15) is 18.1 Å². The molecular formula is C20H28N2O. The van der Waals surface area contributed by atoms with E-state index in [1.54, 1.807) is 0 Å². The number of rotatable bonds is 10. The van der Waals surface area contributed by atoms with Crippen LogP contribution in [0, 0.1) is 0 Å². The van der Waals surface area contributed by atoms with Gasteiger partial charge >= 0.3 is 0 Å². The Morgan fingerprint density at radius 2 is 1.74 bits per heavy atom. The monoisotopic (exact) mass is 312 g/mol. The second kappa shape index (κ2) is 10.0. The molecule has 3 nitrogen and oxygen atoms in total. The molecule has 2 rings (SSSR count). The lowest BCUT2D eigenvalue weighted by Gasteiger charge is -2.15. The van der Waals surface area contributed by atoms with E-state index in [2.05, 4.69) is 66.1 Å². The second-order valence-corrected chi connectivity index (χ2v) is 5.89. The minimum absolute atomic E-state index is 0.450. The van der Waals surface area contributed by atoms with Gasteiger partial charge in [0.25, 0.3) is 0 Å². The van der Waals surface area contributed by atoms with Crippen molar-refractivity contribution in [3.8, 4) is 5.75 Å². The molecule has 0 amide bonds. The molecule has 0 bridgehead atoms. The van der Waals surface area contributed by atoms with E-state index >= 15 is 0 Å². The minimum Gasteiger partial charge on any atom is -0.492 e. The average Bonchev–Trinajstić information content (AvgIpc) is 2.56. The number of nitrogens with one attached hydrogen (secondary N) is 2. The van der Waals surface area contributed by atoms with E-state index in [1.807, 2.05) is 13.1 Å². The summed E-state index contributed by atoms with van der Waals surface area (Å²) in [7, 11) is 1.93. The van der Waals surface area contributed by atoms with E-state index in [0.29, 0.717) is 12.6 Å². The quantitative estimate of drug-likeness (QED) is 0.662. The average molecular weight is 312 g/mol. The highest BCUT2D eigenvalue weighted by Gasteiger charge is 2.04. The molecule has 0 spiro atoms. The maximum atomic E-state index is 5.72. The molecule has 0 aromatic heterocycles. The maximum absolute atomic E-state index is 5.72. The van der Waals surface area contributed by atoms with Gasteiger partial charge < -0.3 is 15.4 Å². The summed E-state index contributed by atoms with van der Waals surface area (Å²) < 4.78 is 5.72. The van der Waals surface area contributed by atoms with Crippen LogP contribution >= 0.6 is 0 Å². The first-order valence-electron chi connectivity index (χ1n) is 8.41. The Morgan fingerprint density at radius 1 is 0.957 bits per heavy atom. The fourth-order valence-electron chi connectivity index (χ4n) is 2.57. The van der Waals surface area contributed by atoms with Gasteiger partial charge in [0.05, 0.1) is 0 Å². The van der Waals surface area contributed by atoms with Crippen molar-refractivity contribution in [3.05, 3.63) is 65.7 Å². The molecule has 2 aromatic rings. The number of hydrogen-bond donors (Lipinski definition) is 2. The van der Waals surface area contributed by atoms with Crippen LogP contribution in [0.2, 0.25) is 0 Å². The fraction of sp³-hybridized carbons (Fsp3) is 0.400. The lowest BCUT2D eigenvalue weighted by Crippen LogP contribution is -2.30. The Hall–Kier alpha value is -1.84. The molecule has 0 radical (unpaired) electrons. The summed E-state index contributed by atoms with van der Waals surface area (Å²) in [4.78, 5) is 0. The molecule has 0 saturated carbocycles. The van der Waals surface area contributed by atoms with Crippen molar-refractivity contribution >= 4 is 0 Å². The number of ether oxygens (including phenoxy) is 1. The van der Waals surface area contributed by atoms with Gasteiger partial charge in [0.1, 0.15) is 12.4 Å². The number of hydrogen-bond acceptors (Lipinski definition) is 3. The van der Waals surface area contributed by atoms with Gasteiger partial charge in [-0.2, -0.15) is 0 Å². The topological polar surface area (TPSA) is 33.3 Å². The van der Waals surface area contributed by atoms with Gasteiger partial charge in [-0.3, -0.25) is 0 Å². The Balaban J connectivity index is 1.73. The van der Waals surface area contributed by atoms with Gasteiger partial charge in [-0.05, 0) is 56.6 Å². The lowest BCUT2D eigenvalue weighted by molar-refractivity contribution is 0.318. The van der Waals surface area contributed by atoms with E-state index in [1.165, 1.54) is 11.1 Å². The van der Waals surface area contributed by atoms with Crippen LogP contribution < -0.4 is 15.4 Å². The molecule has 124 valence electrons. The van der Waals surface area contributed by atoms with Crippen molar-refractivity contribution < 1.29 is 4.74 Å². The van der Waals surface area contributed by atoms with Crippen LogP contribution in [0.25, 0.3) is 0 Å². The highest BCUT2D eigenvalue weighted by molar-refractivity contribution is 5.29. The van der Waals surface area contributed by atoms with Gasteiger partial charge in [-0.25, -0.2) is 0 Å². The van der Waals surface area contributed by atoms with E-state index < -0.39 is 0 Å². The molecule has 0 heterocycles. The molecule has 0 aliphatic heterocycles. The van der Waals surface area contributed by atoms with Crippen LogP contribution in [0.5, 0.6) is 5.75 Å². The summed E-state index contributed by atoms with van der Waals surface area (Å²) in [6.45, 7) is 4.80. The van der Waals surface area contributed by atoms with E-state index in [9.17, 15) is 0 Å². The van der Waals surface area contributed by atoms with Crippen LogP contribution in [-0.4, -0.2) is 32.8 Å². The van der Waals surface area contributed by atoms with E-state index in [0.717, 1.165) is 31.7 Å².